The van der Waals surface area contributed by atoms with E-state index in [1.807, 2.05) is 43.3 Å². The van der Waals surface area contributed by atoms with Gasteiger partial charge in [-0.25, -0.2) is 4.79 Å². The fourth-order valence-corrected chi connectivity index (χ4v) is 3.71. The molecule has 1 unspecified atom stereocenters. The van der Waals surface area contributed by atoms with Gasteiger partial charge in [-0.05, 0) is 36.1 Å². The van der Waals surface area contributed by atoms with Crippen LogP contribution in [0.4, 0.5) is 4.79 Å². The second kappa shape index (κ2) is 12.6. The Morgan fingerprint density at radius 1 is 1.08 bits per heavy atom. The lowest BCUT2D eigenvalue weighted by molar-refractivity contribution is -0.169. The van der Waals surface area contributed by atoms with E-state index in [-0.39, 0.29) is 37.4 Å². The first-order valence-corrected chi connectivity index (χ1v) is 11.8. The molecule has 0 radical (unpaired) electrons. The average Bonchev–Trinajstić information content (AvgIpc) is 3.20. The summed E-state index contributed by atoms with van der Waals surface area (Å²) in [4.78, 5) is 35.9. The largest absolute Gasteiger partial charge is 0.511 e. The molecule has 0 bridgehead atoms. The molecule has 1 amide bonds. The average molecular weight is 498 g/mol. The summed E-state index contributed by atoms with van der Waals surface area (Å²) in [7, 11) is 0. The van der Waals surface area contributed by atoms with E-state index in [1.54, 1.807) is 12.1 Å². The van der Waals surface area contributed by atoms with Crippen LogP contribution in [0.2, 0.25) is 0 Å². The van der Waals surface area contributed by atoms with Crippen LogP contribution in [-0.4, -0.2) is 49.4 Å². The summed E-state index contributed by atoms with van der Waals surface area (Å²) >= 11 is 0. The lowest BCUT2D eigenvalue weighted by Gasteiger charge is -2.15. The van der Waals surface area contributed by atoms with Gasteiger partial charge in [0, 0.05) is 12.5 Å². The maximum absolute atomic E-state index is 12.3. The number of hydrogen-bond donors (Lipinski definition) is 3. The molecule has 10 nitrogen and oxygen atoms in total. The van der Waals surface area contributed by atoms with Gasteiger partial charge in [0.05, 0.1) is 25.0 Å². The Morgan fingerprint density at radius 2 is 1.72 bits per heavy atom. The molecule has 10 heteroatoms. The van der Waals surface area contributed by atoms with Crippen LogP contribution in [0.1, 0.15) is 38.7 Å². The predicted octanol–water partition coefficient (Wildman–Crippen LogP) is 3.36. The molecule has 0 aliphatic carbocycles. The number of carbonyl (C=O) groups is 3. The van der Waals surface area contributed by atoms with Gasteiger partial charge in [0.2, 0.25) is 12.2 Å². The molecule has 3 atom stereocenters. The number of amidine groups is 1. The highest BCUT2D eigenvalue weighted by Gasteiger charge is 2.34. The zero-order valence-electron chi connectivity index (χ0n) is 20.3. The van der Waals surface area contributed by atoms with Crippen molar-refractivity contribution >= 4 is 23.9 Å². The molecule has 2 aromatic carbocycles. The lowest BCUT2D eigenvalue weighted by Crippen LogP contribution is -2.31. The number of amides is 1. The van der Waals surface area contributed by atoms with Crippen LogP contribution in [0.15, 0.2) is 48.5 Å². The molecule has 0 saturated carbocycles. The van der Waals surface area contributed by atoms with Crippen molar-refractivity contribution in [2.45, 2.75) is 45.4 Å². The van der Waals surface area contributed by atoms with Crippen molar-refractivity contribution in [2.24, 2.45) is 11.7 Å². The highest BCUT2D eigenvalue weighted by atomic mass is 16.8. The molecule has 1 fully saturated rings. The summed E-state index contributed by atoms with van der Waals surface area (Å²) in [5, 5.41) is 10.3. The first kappa shape index (κ1) is 26.5. The Balaban J connectivity index is 1.43. The summed E-state index contributed by atoms with van der Waals surface area (Å²) < 4.78 is 20.5. The molecule has 1 saturated heterocycles. The Hall–Kier alpha value is -4.08. The van der Waals surface area contributed by atoms with Crippen molar-refractivity contribution in [2.75, 3.05) is 13.2 Å². The molecule has 36 heavy (non-hydrogen) atoms. The zero-order valence-corrected chi connectivity index (χ0v) is 20.3. The maximum atomic E-state index is 12.3. The minimum Gasteiger partial charge on any atom is -0.491 e. The van der Waals surface area contributed by atoms with Gasteiger partial charge >= 0.3 is 12.1 Å². The van der Waals surface area contributed by atoms with Crippen molar-refractivity contribution < 1.29 is 33.3 Å². The first-order valence-electron chi connectivity index (χ1n) is 11.8. The van der Waals surface area contributed by atoms with E-state index in [4.69, 9.17) is 30.1 Å². The smallest absolute Gasteiger partial charge is 0.491 e. The van der Waals surface area contributed by atoms with Crippen molar-refractivity contribution in [1.82, 2.24) is 5.32 Å². The molecule has 1 aliphatic rings. The Kier molecular flexibility index (Phi) is 9.26. The molecule has 1 aliphatic heterocycles. The van der Waals surface area contributed by atoms with E-state index in [0.29, 0.717) is 24.2 Å². The lowest BCUT2D eigenvalue weighted by atomic mass is 10.0. The quantitative estimate of drug-likeness (QED) is 0.185. The highest BCUT2D eigenvalue weighted by molar-refractivity contribution is 5.95. The summed E-state index contributed by atoms with van der Waals surface area (Å²) in [6.07, 6.45) is -1.08. The van der Waals surface area contributed by atoms with Gasteiger partial charge in [0.25, 0.3) is 0 Å². The molecular weight excluding hydrogens is 466 g/mol. The van der Waals surface area contributed by atoms with Gasteiger partial charge in [0.1, 0.15) is 18.2 Å². The third-order valence-corrected chi connectivity index (χ3v) is 5.52. The minimum atomic E-state index is -1.11. The first-order chi connectivity index (χ1) is 17.2. The minimum absolute atomic E-state index is 0.0244. The maximum Gasteiger partial charge on any atom is 0.511 e. The number of esters is 1. The van der Waals surface area contributed by atoms with E-state index in [0.717, 1.165) is 11.1 Å². The Bertz CT molecular complexity index is 1070. The zero-order chi connectivity index (χ0) is 26.1. The molecule has 0 aromatic heterocycles. The van der Waals surface area contributed by atoms with Gasteiger partial charge < -0.3 is 30.0 Å². The normalized spacial score (nSPS) is 17.6. The van der Waals surface area contributed by atoms with Crippen molar-refractivity contribution in [3.8, 4) is 16.9 Å². The molecule has 192 valence electrons. The van der Waals surface area contributed by atoms with Gasteiger partial charge in [-0.3, -0.25) is 15.0 Å². The van der Waals surface area contributed by atoms with Crippen molar-refractivity contribution in [3.63, 3.8) is 0 Å². The van der Waals surface area contributed by atoms with E-state index in [9.17, 15) is 14.4 Å². The number of nitrogen functional groups attached to an aromatic ring is 1. The summed E-state index contributed by atoms with van der Waals surface area (Å²) in [6, 6.07) is 14.7. The Labute approximate surface area is 209 Å². The van der Waals surface area contributed by atoms with E-state index >= 15 is 0 Å². The Morgan fingerprint density at radius 3 is 2.33 bits per heavy atom. The number of hydrogen-bond acceptors (Lipinski definition) is 8. The highest BCUT2D eigenvalue weighted by Crippen LogP contribution is 2.24. The summed E-state index contributed by atoms with van der Waals surface area (Å²) in [6.45, 7) is 3.72. The van der Waals surface area contributed by atoms with Crippen LogP contribution in [-0.2, 0) is 23.8 Å². The summed E-state index contributed by atoms with van der Waals surface area (Å²) in [5.74, 6) is -0.764. The fourth-order valence-electron chi connectivity index (χ4n) is 3.71. The number of rotatable bonds is 11. The van der Waals surface area contributed by atoms with Gasteiger partial charge in [-0.15, -0.1) is 0 Å². The molecule has 3 rings (SSSR count). The van der Waals surface area contributed by atoms with Crippen LogP contribution in [0.3, 0.4) is 0 Å². The third kappa shape index (κ3) is 7.72. The van der Waals surface area contributed by atoms with Gasteiger partial charge in [0.15, 0.2) is 0 Å². The SMILES string of the molecule is CCCOC(=O)OC(C)OC(=O)C[C@@H]1C[C@@H](COc2ccc(-c3ccc(C(=N)N)cc3)cc2)NC1=O. The fraction of sp³-hybridized carbons (Fsp3) is 0.385. The van der Waals surface area contributed by atoms with Crippen LogP contribution < -0.4 is 15.8 Å². The van der Waals surface area contributed by atoms with E-state index in [2.05, 4.69) is 5.32 Å². The number of carbonyl (C=O) groups excluding carboxylic acids is 3. The van der Waals surface area contributed by atoms with Crippen LogP contribution in [0.25, 0.3) is 11.1 Å². The second-order valence-electron chi connectivity index (χ2n) is 8.44. The standard InChI is InChI=1S/C26H31N3O7/c1-3-12-33-26(32)36-16(2)35-23(30)14-20-13-21(29-25(20)31)15-34-22-10-8-18(9-11-22)17-4-6-19(7-5-17)24(27)28/h4-11,16,20-21H,3,12-15H2,1-2H3,(H3,27,28)(H,29,31)/t16?,20-,21-/m0/s1. The summed E-state index contributed by atoms with van der Waals surface area (Å²) in [5.41, 5.74) is 8.13. The molecule has 2 aromatic rings. The van der Waals surface area contributed by atoms with E-state index in [1.165, 1.54) is 6.92 Å². The van der Waals surface area contributed by atoms with Gasteiger partial charge in [-0.2, -0.15) is 0 Å². The second-order valence-corrected chi connectivity index (χ2v) is 8.44. The molecule has 1 heterocycles. The molecular formula is C26H31N3O7. The third-order valence-electron chi connectivity index (χ3n) is 5.52. The van der Waals surface area contributed by atoms with Gasteiger partial charge in [-0.1, -0.05) is 43.3 Å². The predicted molar refractivity (Wildman–Crippen MR) is 131 cm³/mol. The number of benzene rings is 2. The number of nitrogens with one attached hydrogen (secondary N) is 2. The van der Waals surface area contributed by atoms with Crippen LogP contribution in [0.5, 0.6) is 5.75 Å². The van der Waals surface area contributed by atoms with Crippen LogP contribution >= 0.6 is 0 Å². The number of nitrogens with two attached hydrogens (primary N) is 1. The molecule has 0 spiro atoms. The number of ether oxygens (including phenoxy) is 4. The monoisotopic (exact) mass is 497 g/mol. The molecule has 4 N–H and O–H groups in total. The van der Waals surface area contributed by atoms with Crippen molar-refractivity contribution in [3.05, 3.63) is 54.1 Å². The van der Waals surface area contributed by atoms with Crippen LogP contribution in [0, 0.1) is 11.3 Å². The van der Waals surface area contributed by atoms with Crippen molar-refractivity contribution in [1.29, 1.82) is 5.41 Å². The topological polar surface area (TPSA) is 150 Å². The van der Waals surface area contributed by atoms with E-state index < -0.39 is 24.3 Å².